The van der Waals surface area contributed by atoms with Crippen LogP contribution in [0.1, 0.15) is 27.9 Å². The van der Waals surface area contributed by atoms with E-state index in [0.29, 0.717) is 5.69 Å². The van der Waals surface area contributed by atoms with E-state index < -0.39 is 38.7 Å². The maximum atomic E-state index is 12.6. The van der Waals surface area contributed by atoms with Gasteiger partial charge in [0.1, 0.15) is 21.5 Å². The minimum atomic E-state index is -6.02. The van der Waals surface area contributed by atoms with Crippen LogP contribution in [0, 0.1) is 18.3 Å². The number of ether oxygens (including phenoxy) is 2. The molecule has 156 valence electrons. The molecule has 0 aliphatic carbocycles. The molecule has 1 aromatic carbocycles. The fraction of sp³-hybridized carbons (Fsp3) is 0.312. The highest BCUT2D eigenvalue weighted by molar-refractivity contribution is 7.88. The number of carbonyl (C=O) groups is 1. The summed E-state index contributed by atoms with van der Waals surface area (Å²) in [6.07, 6.45) is 0. The SMILES string of the molecule is CCOC(=O)c1sc(-c2cc(C#N)c(OS(=O)(=O)C(F)(F)F)c(OC)c2)nc1C. The monoisotopic (exact) mass is 450 g/mol. The van der Waals surface area contributed by atoms with E-state index in [-0.39, 0.29) is 22.1 Å². The summed E-state index contributed by atoms with van der Waals surface area (Å²) in [5.74, 6) is -1.94. The predicted octanol–water partition coefficient (Wildman–Crippen LogP) is 3.40. The lowest BCUT2D eigenvalue weighted by atomic mass is 10.1. The number of nitrogens with zero attached hydrogens (tertiary/aromatic N) is 2. The topological polar surface area (TPSA) is 116 Å². The highest BCUT2D eigenvalue weighted by Gasteiger charge is 2.49. The number of halogens is 3. The Morgan fingerprint density at radius 1 is 1.34 bits per heavy atom. The molecular weight excluding hydrogens is 437 g/mol. The number of thiazole rings is 1. The first-order valence-corrected chi connectivity index (χ1v) is 9.95. The molecule has 0 amide bonds. The number of rotatable bonds is 6. The van der Waals surface area contributed by atoms with Crippen molar-refractivity contribution in [1.29, 1.82) is 5.26 Å². The van der Waals surface area contributed by atoms with Gasteiger partial charge in [-0.3, -0.25) is 0 Å². The molecule has 0 bridgehead atoms. The Hall–Kier alpha value is -2.85. The molecule has 0 fully saturated rings. The van der Waals surface area contributed by atoms with Crippen molar-refractivity contribution in [3.63, 3.8) is 0 Å². The van der Waals surface area contributed by atoms with Crippen LogP contribution in [0.4, 0.5) is 13.2 Å². The molecule has 29 heavy (non-hydrogen) atoms. The van der Waals surface area contributed by atoms with Gasteiger partial charge in [0, 0.05) is 5.56 Å². The molecule has 1 aromatic heterocycles. The van der Waals surface area contributed by atoms with Crippen molar-refractivity contribution in [1.82, 2.24) is 4.98 Å². The Balaban J connectivity index is 2.58. The highest BCUT2D eigenvalue weighted by Crippen LogP contribution is 2.40. The average molecular weight is 450 g/mol. The molecule has 13 heteroatoms. The summed E-state index contributed by atoms with van der Waals surface area (Å²) in [4.78, 5) is 16.3. The molecule has 1 heterocycles. The first kappa shape index (κ1) is 22.4. The number of alkyl halides is 3. The molecule has 0 N–H and O–H groups in total. The minimum absolute atomic E-state index is 0.150. The Labute approximate surface area is 167 Å². The maximum Gasteiger partial charge on any atom is 0.534 e. The lowest BCUT2D eigenvalue weighted by molar-refractivity contribution is -0.0500. The molecule has 0 radical (unpaired) electrons. The van der Waals surface area contributed by atoms with Crippen molar-refractivity contribution in [3.8, 4) is 28.1 Å². The van der Waals surface area contributed by atoms with Gasteiger partial charge < -0.3 is 13.7 Å². The minimum Gasteiger partial charge on any atom is -0.493 e. The molecular formula is C16H13F3N2O6S2. The molecule has 0 unspecified atom stereocenters. The molecule has 0 aliphatic heterocycles. The molecule has 0 aliphatic rings. The molecule has 0 atom stereocenters. The van der Waals surface area contributed by atoms with Gasteiger partial charge in [-0.2, -0.15) is 26.9 Å². The number of aromatic nitrogens is 1. The number of nitriles is 1. The van der Waals surface area contributed by atoms with Gasteiger partial charge in [0.25, 0.3) is 0 Å². The van der Waals surface area contributed by atoms with E-state index >= 15 is 0 Å². The maximum absolute atomic E-state index is 12.6. The van der Waals surface area contributed by atoms with Gasteiger partial charge in [-0.1, -0.05) is 0 Å². The van der Waals surface area contributed by atoms with Crippen LogP contribution in [0.25, 0.3) is 10.6 Å². The van der Waals surface area contributed by atoms with Crippen LogP contribution in [0.3, 0.4) is 0 Å². The van der Waals surface area contributed by atoms with Crippen LogP contribution in [-0.4, -0.2) is 38.6 Å². The third kappa shape index (κ3) is 4.60. The first-order valence-electron chi connectivity index (χ1n) is 7.73. The summed E-state index contributed by atoms with van der Waals surface area (Å²) in [5.41, 5.74) is -5.66. The van der Waals surface area contributed by atoms with Gasteiger partial charge in [-0.05, 0) is 26.0 Å². The molecule has 0 saturated heterocycles. The first-order chi connectivity index (χ1) is 13.4. The highest BCUT2D eigenvalue weighted by atomic mass is 32.2. The summed E-state index contributed by atoms with van der Waals surface area (Å²) < 4.78 is 74.5. The largest absolute Gasteiger partial charge is 0.534 e. The van der Waals surface area contributed by atoms with Crippen molar-refractivity contribution in [2.45, 2.75) is 19.4 Å². The van der Waals surface area contributed by atoms with Gasteiger partial charge in [-0.25, -0.2) is 9.78 Å². The van der Waals surface area contributed by atoms with Crippen molar-refractivity contribution < 1.29 is 40.0 Å². The van der Waals surface area contributed by atoms with Crippen LogP contribution < -0.4 is 8.92 Å². The van der Waals surface area contributed by atoms with Gasteiger partial charge in [0.15, 0.2) is 5.75 Å². The summed E-state index contributed by atoms with van der Waals surface area (Å²) in [6.45, 7) is 3.34. The molecule has 2 rings (SSSR count). The van der Waals surface area contributed by atoms with E-state index in [1.807, 2.05) is 0 Å². The quantitative estimate of drug-likeness (QED) is 0.374. The average Bonchev–Trinajstić information content (AvgIpc) is 3.02. The second kappa shape index (κ2) is 8.26. The van der Waals surface area contributed by atoms with Crippen molar-refractivity contribution in [3.05, 3.63) is 28.3 Å². The van der Waals surface area contributed by atoms with E-state index in [9.17, 15) is 31.6 Å². The zero-order valence-electron chi connectivity index (χ0n) is 15.2. The number of methoxy groups -OCH3 is 1. The second-order valence-corrected chi connectivity index (χ2v) is 7.84. The summed E-state index contributed by atoms with van der Waals surface area (Å²) in [6, 6.07) is 3.80. The van der Waals surface area contributed by atoms with Gasteiger partial charge in [0.05, 0.1) is 19.4 Å². The number of carbonyl (C=O) groups excluding carboxylic acids is 1. The van der Waals surface area contributed by atoms with E-state index in [4.69, 9.17) is 9.47 Å². The van der Waals surface area contributed by atoms with Crippen LogP contribution in [0.2, 0.25) is 0 Å². The van der Waals surface area contributed by atoms with Gasteiger partial charge in [-0.15, -0.1) is 11.3 Å². The second-order valence-electron chi connectivity index (χ2n) is 5.30. The lowest BCUT2D eigenvalue weighted by Gasteiger charge is -2.14. The third-order valence-corrected chi connectivity index (χ3v) is 5.52. The van der Waals surface area contributed by atoms with Crippen LogP contribution in [0.15, 0.2) is 12.1 Å². The van der Waals surface area contributed by atoms with Crippen molar-refractivity contribution >= 4 is 27.4 Å². The Morgan fingerprint density at radius 3 is 2.52 bits per heavy atom. The molecule has 8 nitrogen and oxygen atoms in total. The molecule has 0 saturated carbocycles. The summed E-state index contributed by atoms with van der Waals surface area (Å²) in [7, 11) is -4.96. The van der Waals surface area contributed by atoms with E-state index in [1.54, 1.807) is 19.9 Å². The van der Waals surface area contributed by atoms with Crippen molar-refractivity contribution in [2.75, 3.05) is 13.7 Å². The molecule has 2 aromatic rings. The standard InChI is InChI=1S/C16H13F3N2O6S2/c1-4-26-15(22)13-8(2)21-14(28-13)9-5-10(7-20)12(11(6-9)25-3)27-29(23,24)16(17,18)19/h5-6H,4H2,1-3H3. The van der Waals surface area contributed by atoms with E-state index in [1.165, 1.54) is 0 Å². The zero-order chi connectivity index (χ0) is 22.0. The fourth-order valence-electron chi connectivity index (χ4n) is 2.11. The van der Waals surface area contributed by atoms with Gasteiger partial charge >= 0.3 is 21.6 Å². The Morgan fingerprint density at radius 2 is 2.00 bits per heavy atom. The third-order valence-electron chi connectivity index (χ3n) is 3.38. The Kier molecular flexibility index (Phi) is 6.39. The van der Waals surface area contributed by atoms with Crippen molar-refractivity contribution in [2.24, 2.45) is 0 Å². The Bertz CT molecular complexity index is 1090. The lowest BCUT2D eigenvalue weighted by Crippen LogP contribution is -2.28. The number of esters is 1. The predicted molar refractivity (Wildman–Crippen MR) is 95.1 cm³/mol. The molecule has 0 spiro atoms. The van der Waals surface area contributed by atoms with E-state index in [2.05, 4.69) is 9.17 Å². The number of benzene rings is 1. The fourth-order valence-corrected chi connectivity index (χ4v) is 3.54. The number of hydrogen-bond donors (Lipinski definition) is 0. The van der Waals surface area contributed by atoms with Gasteiger partial charge in [0.2, 0.25) is 5.75 Å². The van der Waals surface area contributed by atoms with Crippen LogP contribution >= 0.6 is 11.3 Å². The number of aryl methyl sites for hydroxylation is 1. The van der Waals surface area contributed by atoms with Crippen LogP contribution in [-0.2, 0) is 14.9 Å². The number of hydrogen-bond acceptors (Lipinski definition) is 9. The summed E-state index contributed by atoms with van der Waals surface area (Å²) >= 11 is 0.933. The van der Waals surface area contributed by atoms with E-state index in [0.717, 1.165) is 30.6 Å². The van der Waals surface area contributed by atoms with Crippen LogP contribution in [0.5, 0.6) is 11.5 Å². The smallest absolute Gasteiger partial charge is 0.493 e. The zero-order valence-corrected chi connectivity index (χ0v) is 16.8. The normalized spacial score (nSPS) is 11.6. The summed E-state index contributed by atoms with van der Waals surface area (Å²) in [5, 5.41) is 9.52.